The maximum atomic E-state index is 11.5. The van der Waals surface area contributed by atoms with Gasteiger partial charge in [0.15, 0.2) is 6.21 Å². The molecule has 0 aromatic heterocycles. The van der Waals surface area contributed by atoms with Crippen LogP contribution >= 0.6 is 0 Å². The van der Waals surface area contributed by atoms with Gasteiger partial charge < -0.3 is 14.7 Å². The van der Waals surface area contributed by atoms with Crippen molar-refractivity contribution in [3.8, 4) is 0 Å². The lowest BCUT2D eigenvalue weighted by atomic mass is 9.64. The highest BCUT2D eigenvalue weighted by Crippen LogP contribution is 2.50. The van der Waals surface area contributed by atoms with Crippen LogP contribution in [0.25, 0.3) is 0 Å². The van der Waals surface area contributed by atoms with Gasteiger partial charge in [-0.25, -0.2) is 10.1 Å². The number of anilines is 1. The Morgan fingerprint density at radius 1 is 0.621 bits per heavy atom. The molecule has 4 atom stereocenters. The number of benzene rings is 2. The lowest BCUT2D eigenvalue weighted by Crippen LogP contribution is -2.67. The third kappa shape index (κ3) is 19.3. The topological polar surface area (TPSA) is 65.2 Å². The highest BCUT2D eigenvalue weighted by Gasteiger charge is 2.63. The average molecular weight is 912 g/mol. The van der Waals surface area contributed by atoms with Gasteiger partial charge in [-0.3, -0.25) is 0 Å². The first kappa shape index (κ1) is 55.8. The van der Waals surface area contributed by atoms with E-state index in [9.17, 15) is 10.4 Å². The Balaban J connectivity index is 1.26. The molecule has 1 fully saturated rings. The maximum absolute atomic E-state index is 11.5. The van der Waals surface area contributed by atoms with Gasteiger partial charge in [0.25, 0.3) is 0 Å². The normalized spacial score (nSPS) is 20.2. The molecule has 6 nitrogen and oxygen atoms in total. The zero-order valence-electron chi connectivity index (χ0n) is 43.0. The molecule has 2 aromatic rings. The number of unbranched alkanes of at least 4 members (excludes halogenated alkanes) is 30. The first-order valence-electron chi connectivity index (χ1n) is 28.0. The monoisotopic (exact) mass is 912 g/mol. The van der Waals surface area contributed by atoms with Crippen LogP contribution in [0.5, 0.6) is 0 Å². The fourth-order valence-electron chi connectivity index (χ4n) is 10.8. The van der Waals surface area contributed by atoms with Gasteiger partial charge in [0.1, 0.15) is 12.6 Å². The second-order valence-corrected chi connectivity index (χ2v) is 20.3. The Morgan fingerprint density at radius 2 is 1.08 bits per heavy atom. The molecular formula is C60H99N2O4+. The van der Waals surface area contributed by atoms with Gasteiger partial charge >= 0.3 is 0 Å². The van der Waals surface area contributed by atoms with Gasteiger partial charge in [-0.05, 0) is 37.5 Å². The molecule has 0 amide bonds. The van der Waals surface area contributed by atoms with Crippen LogP contribution in [-0.4, -0.2) is 53.2 Å². The summed E-state index contributed by atoms with van der Waals surface area (Å²) in [5, 5.41) is 21.8. The van der Waals surface area contributed by atoms with Crippen LogP contribution in [0.15, 0.2) is 72.5 Å². The summed E-state index contributed by atoms with van der Waals surface area (Å²) in [6.45, 7) is 8.67. The summed E-state index contributed by atoms with van der Waals surface area (Å²) in [6, 6.07) is 17.3. The third-order valence-corrected chi connectivity index (χ3v) is 15.0. The molecule has 0 bridgehead atoms. The second kappa shape index (κ2) is 34.5. The zero-order chi connectivity index (χ0) is 46.9. The molecule has 2 unspecified atom stereocenters. The summed E-state index contributed by atoms with van der Waals surface area (Å²) in [5.41, 5.74) is 6.24. The zero-order valence-corrected chi connectivity index (χ0v) is 43.0. The van der Waals surface area contributed by atoms with E-state index in [-0.39, 0.29) is 11.8 Å². The number of para-hydroxylation sites is 2. The molecule has 2 aliphatic rings. The van der Waals surface area contributed by atoms with Crippen molar-refractivity contribution in [3.05, 3.63) is 83.6 Å². The molecule has 0 spiro atoms. The number of aliphatic hydroxyl groups excluding tert-OH is 1. The van der Waals surface area contributed by atoms with Gasteiger partial charge in [-0.15, -0.1) is 0 Å². The summed E-state index contributed by atoms with van der Waals surface area (Å²) in [6.07, 6.45) is 52.0. The molecule has 2 N–H and O–H groups in total. The van der Waals surface area contributed by atoms with Crippen molar-refractivity contribution in [1.82, 2.24) is 0 Å². The maximum Gasteiger partial charge on any atom is 0.234 e. The fourth-order valence-corrected chi connectivity index (χ4v) is 10.8. The molecule has 4 rings (SSSR count). The van der Waals surface area contributed by atoms with E-state index >= 15 is 0 Å². The van der Waals surface area contributed by atoms with E-state index < -0.39 is 11.9 Å². The number of fused-ring (bicyclic) bond motifs is 1. The third-order valence-electron chi connectivity index (χ3n) is 15.0. The van der Waals surface area contributed by atoms with E-state index in [4.69, 9.17) is 9.62 Å². The van der Waals surface area contributed by atoms with E-state index in [1.165, 1.54) is 228 Å². The van der Waals surface area contributed by atoms with Crippen molar-refractivity contribution < 1.29 is 24.6 Å². The van der Waals surface area contributed by atoms with E-state index in [1.54, 1.807) is 0 Å². The Kier molecular flexibility index (Phi) is 29.2. The van der Waals surface area contributed by atoms with Gasteiger partial charge in [0.05, 0.1) is 0 Å². The molecule has 2 aromatic carbocycles. The number of rotatable bonds is 40. The van der Waals surface area contributed by atoms with Gasteiger partial charge in [-0.1, -0.05) is 249 Å². The lowest BCUT2D eigenvalue weighted by Gasteiger charge is -2.53. The predicted molar refractivity (Wildman–Crippen MR) is 282 cm³/mol. The van der Waals surface area contributed by atoms with Crippen LogP contribution in [0.1, 0.15) is 230 Å². The lowest BCUT2D eigenvalue weighted by molar-refractivity contribution is -0.471. The number of aliphatic hydroxyl groups is 1. The number of ether oxygens (including phenoxy) is 1. The van der Waals surface area contributed by atoms with Crippen LogP contribution in [0.2, 0.25) is 0 Å². The van der Waals surface area contributed by atoms with Crippen LogP contribution in [0, 0.1) is 18.8 Å². The van der Waals surface area contributed by atoms with E-state index in [1.807, 2.05) is 0 Å². The first-order valence-corrected chi connectivity index (χ1v) is 28.0. The van der Waals surface area contributed by atoms with Gasteiger partial charge in [0.2, 0.25) is 11.5 Å². The van der Waals surface area contributed by atoms with E-state index in [0.29, 0.717) is 0 Å². The largest absolute Gasteiger partial charge is 0.387 e. The quantitative estimate of drug-likeness (QED) is 0.0174. The molecular weight excluding hydrogens is 813 g/mol. The first-order chi connectivity index (χ1) is 32.5. The summed E-state index contributed by atoms with van der Waals surface area (Å²) < 4.78 is 8.18. The van der Waals surface area contributed by atoms with Crippen molar-refractivity contribution in [2.75, 3.05) is 25.1 Å². The Bertz CT molecular complexity index is 1630. The molecule has 372 valence electrons. The number of hydrogen-bond acceptors (Lipinski definition) is 5. The smallest absolute Gasteiger partial charge is 0.234 e. The molecule has 66 heavy (non-hydrogen) atoms. The average Bonchev–Trinajstić information content (AvgIpc) is 3.69. The molecule has 1 heterocycles. The molecule has 6 heteroatoms. The van der Waals surface area contributed by atoms with Crippen molar-refractivity contribution in [1.29, 1.82) is 0 Å². The highest BCUT2D eigenvalue weighted by molar-refractivity contribution is 5.68. The summed E-state index contributed by atoms with van der Waals surface area (Å²) >= 11 is 0. The van der Waals surface area contributed by atoms with Crippen LogP contribution in [0.3, 0.4) is 0 Å². The van der Waals surface area contributed by atoms with Crippen LogP contribution in [0.4, 0.5) is 11.4 Å². The van der Waals surface area contributed by atoms with Gasteiger partial charge in [-0.2, -0.15) is 4.58 Å². The fraction of sp³-hybridized carbons (Fsp3) is 0.717. The number of hydrogen-bond donors (Lipinski definition) is 2. The standard InChI is InChI=1S/C60H98N2O4/c1-5-7-9-11-13-15-17-19-21-23-25-27-29-31-33-39-47-61(57-45-37-35-42-52(57)3)48-41-44-55-56(60(65-4,66-64)59(55)63)51-54-50-53-43-36-38-46-58(53)62(54)49-40-34-32-30-28-26-24-22-20-18-16-14-12-10-8-6-2/h35-38,41-46,48,51,55-56,59,63H,5-34,39-40,47,49-50H2,1-4H3/p+1/b44-41+,54-51-,61-48?/t55?,56?,59-,60-/m1/s1. The highest BCUT2D eigenvalue weighted by atomic mass is 17.1. The number of allylic oxidation sites excluding steroid dienone is 2. The van der Waals surface area contributed by atoms with Crippen molar-refractivity contribution in [2.24, 2.45) is 11.8 Å². The molecule has 1 aliphatic carbocycles. The summed E-state index contributed by atoms with van der Waals surface area (Å²) in [7, 11) is 1.52. The van der Waals surface area contributed by atoms with Gasteiger partial charge in [0, 0.05) is 61.3 Å². The molecule has 0 radical (unpaired) electrons. The van der Waals surface area contributed by atoms with Crippen molar-refractivity contribution in [3.63, 3.8) is 0 Å². The van der Waals surface area contributed by atoms with Crippen molar-refractivity contribution >= 4 is 17.6 Å². The van der Waals surface area contributed by atoms with E-state index in [2.05, 4.69) is 103 Å². The number of methoxy groups -OCH3 is 1. The molecule has 1 saturated carbocycles. The summed E-state index contributed by atoms with van der Waals surface area (Å²) in [4.78, 5) is 7.52. The van der Waals surface area contributed by atoms with Crippen LogP contribution in [-0.2, 0) is 16.0 Å². The summed E-state index contributed by atoms with van der Waals surface area (Å²) in [5.74, 6) is -2.16. The Morgan fingerprint density at radius 3 is 1.56 bits per heavy atom. The minimum Gasteiger partial charge on any atom is -0.387 e. The van der Waals surface area contributed by atoms with E-state index in [0.717, 1.165) is 32.4 Å². The minimum absolute atomic E-state index is 0.281. The molecule has 1 aliphatic heterocycles. The van der Waals surface area contributed by atoms with Crippen LogP contribution < -0.4 is 4.90 Å². The van der Waals surface area contributed by atoms with Crippen molar-refractivity contribution in [2.45, 2.75) is 245 Å². The Hall–Kier alpha value is -2.77. The SMILES string of the molecule is CCCCCCCCCCCCCCCCCCN1/C(=C\C2C(/C=C/C=[N+](CCCCCCCCCCCCCCCCCC)c3ccccc3C)[C@@H](O)[C@]2(OC)OO)Cc2ccccc21. The second-order valence-electron chi connectivity index (χ2n) is 20.3. The predicted octanol–water partition coefficient (Wildman–Crippen LogP) is 17.2. The molecule has 0 saturated heterocycles. The minimum atomic E-state index is -1.51. The number of nitrogens with zero attached hydrogens (tertiary/aromatic N) is 2. The Labute approximate surface area is 405 Å². The number of aryl methyl sites for hydroxylation is 1.